The fourth-order valence-corrected chi connectivity index (χ4v) is 6.70. The van der Waals surface area contributed by atoms with E-state index in [1.165, 1.54) is 22.7 Å². The molecule has 0 spiro atoms. The van der Waals surface area contributed by atoms with E-state index in [0.29, 0.717) is 32.0 Å². The van der Waals surface area contributed by atoms with Gasteiger partial charge in [0.25, 0.3) is 11.5 Å². The van der Waals surface area contributed by atoms with Crippen LogP contribution in [0, 0.1) is 12.3 Å². The van der Waals surface area contributed by atoms with Crippen LogP contribution in [0.25, 0.3) is 16.8 Å². The van der Waals surface area contributed by atoms with Gasteiger partial charge in [-0.25, -0.2) is 4.99 Å². The topological polar surface area (TPSA) is 72.7 Å². The number of carbonyl (C=O) groups is 1. The van der Waals surface area contributed by atoms with Crippen LogP contribution in [0.4, 0.5) is 5.69 Å². The third kappa shape index (κ3) is 4.66. The van der Waals surface area contributed by atoms with Crippen molar-refractivity contribution >= 4 is 51.1 Å². The average molecular weight is 562 g/mol. The van der Waals surface area contributed by atoms with Gasteiger partial charge in [0, 0.05) is 16.1 Å². The lowest BCUT2D eigenvalue weighted by Crippen LogP contribution is -2.40. The number of para-hydroxylation sites is 1. The molecule has 6 rings (SSSR count). The van der Waals surface area contributed by atoms with E-state index in [1.54, 1.807) is 4.57 Å². The molecule has 1 aliphatic heterocycles. The lowest BCUT2D eigenvalue weighted by Gasteiger charge is -2.24. The third-order valence-corrected chi connectivity index (χ3v) is 8.54. The first kappa shape index (κ1) is 25.6. The molecule has 0 unspecified atom stereocenters. The summed E-state index contributed by atoms with van der Waals surface area (Å²) in [5.41, 5.74) is 2.22. The summed E-state index contributed by atoms with van der Waals surface area (Å²) in [6, 6.07) is 24.3. The standard InChI is InChI=1S/C32H23N3O3S2/c1-3-17-38-25-16-15-21-10-7-8-13-23(21)24(25)19-27-31(37)35-29(26-14-9-18-39-26)28(20(2)33-32(35)40-27)30(36)34-22-11-5-4-6-12-22/h1,4-16,18-19,29H,17H2,2H3,(H,34,36)/b27-19+/t29-/m1/s1. The van der Waals surface area contributed by atoms with Crippen LogP contribution < -0.4 is 24.9 Å². The number of benzene rings is 3. The van der Waals surface area contributed by atoms with E-state index >= 15 is 0 Å². The summed E-state index contributed by atoms with van der Waals surface area (Å²) in [7, 11) is 0. The van der Waals surface area contributed by atoms with E-state index in [-0.39, 0.29) is 18.1 Å². The summed E-state index contributed by atoms with van der Waals surface area (Å²) in [6.45, 7) is 1.92. The van der Waals surface area contributed by atoms with Gasteiger partial charge in [-0.2, -0.15) is 0 Å². The van der Waals surface area contributed by atoms with Gasteiger partial charge in [-0.05, 0) is 53.4 Å². The maximum Gasteiger partial charge on any atom is 0.271 e. The molecule has 3 heterocycles. The first-order valence-electron chi connectivity index (χ1n) is 12.6. The van der Waals surface area contributed by atoms with Gasteiger partial charge in [0.2, 0.25) is 0 Å². The predicted molar refractivity (Wildman–Crippen MR) is 161 cm³/mol. The molecule has 40 heavy (non-hydrogen) atoms. The van der Waals surface area contributed by atoms with Crippen LogP contribution >= 0.6 is 22.7 Å². The normalized spacial score (nSPS) is 14.9. The van der Waals surface area contributed by atoms with Crippen molar-refractivity contribution in [3.63, 3.8) is 0 Å². The maximum absolute atomic E-state index is 14.1. The van der Waals surface area contributed by atoms with Crippen molar-refractivity contribution in [1.82, 2.24) is 4.57 Å². The van der Waals surface area contributed by atoms with Crippen molar-refractivity contribution in [3.8, 4) is 18.1 Å². The summed E-state index contributed by atoms with van der Waals surface area (Å²) in [5, 5.41) is 6.87. The van der Waals surface area contributed by atoms with Crippen molar-refractivity contribution < 1.29 is 9.53 Å². The number of fused-ring (bicyclic) bond motifs is 2. The number of allylic oxidation sites excluding steroid dienone is 1. The smallest absolute Gasteiger partial charge is 0.271 e. The molecule has 0 bridgehead atoms. The highest BCUT2D eigenvalue weighted by atomic mass is 32.1. The number of thiophene rings is 1. The van der Waals surface area contributed by atoms with E-state index < -0.39 is 6.04 Å². The minimum Gasteiger partial charge on any atom is -0.480 e. The summed E-state index contributed by atoms with van der Waals surface area (Å²) in [4.78, 5) is 33.8. The van der Waals surface area contributed by atoms with Crippen molar-refractivity contribution in [1.29, 1.82) is 0 Å². The first-order chi connectivity index (χ1) is 19.5. The van der Waals surface area contributed by atoms with Gasteiger partial charge in [0.05, 0.1) is 15.8 Å². The second kappa shape index (κ2) is 10.8. The van der Waals surface area contributed by atoms with Gasteiger partial charge in [-0.3, -0.25) is 14.2 Å². The number of amides is 1. The van der Waals surface area contributed by atoms with E-state index in [4.69, 9.17) is 16.2 Å². The number of anilines is 1. The molecule has 0 radical (unpaired) electrons. The molecule has 5 aromatic rings. The monoisotopic (exact) mass is 561 g/mol. The molecule has 1 atom stereocenters. The summed E-state index contributed by atoms with van der Waals surface area (Å²) < 4.78 is 7.97. The molecule has 3 aromatic carbocycles. The molecular weight excluding hydrogens is 539 g/mol. The van der Waals surface area contributed by atoms with Crippen LogP contribution in [0.3, 0.4) is 0 Å². The minimum atomic E-state index is -0.605. The summed E-state index contributed by atoms with van der Waals surface area (Å²) in [6.07, 6.45) is 7.30. The molecule has 8 heteroatoms. The zero-order valence-electron chi connectivity index (χ0n) is 21.5. The molecule has 1 aliphatic rings. The van der Waals surface area contributed by atoms with Crippen molar-refractivity contribution in [2.24, 2.45) is 4.99 Å². The molecule has 0 fully saturated rings. The molecule has 2 aromatic heterocycles. The van der Waals surface area contributed by atoms with Crippen LogP contribution in [0.1, 0.15) is 23.4 Å². The van der Waals surface area contributed by atoms with Gasteiger partial charge in [0.15, 0.2) is 4.80 Å². The van der Waals surface area contributed by atoms with Gasteiger partial charge in [0.1, 0.15) is 18.4 Å². The Hall–Kier alpha value is -4.71. The van der Waals surface area contributed by atoms with Crippen molar-refractivity contribution in [2.45, 2.75) is 13.0 Å². The molecule has 0 saturated carbocycles. The quantitative estimate of drug-likeness (QED) is 0.293. The SMILES string of the molecule is C#CCOc1ccc2ccccc2c1/C=c1/sc2n(c1=O)[C@H](c1cccs1)C(C(=O)Nc1ccccc1)=C(C)N=2. The summed E-state index contributed by atoms with van der Waals surface area (Å²) >= 11 is 2.79. The second-order valence-corrected chi connectivity index (χ2v) is 11.1. The largest absolute Gasteiger partial charge is 0.480 e. The van der Waals surface area contributed by atoms with Gasteiger partial charge >= 0.3 is 0 Å². The molecule has 6 nitrogen and oxygen atoms in total. The van der Waals surface area contributed by atoms with Gasteiger partial charge in [-0.15, -0.1) is 17.8 Å². The number of terminal acetylenes is 1. The van der Waals surface area contributed by atoms with Crippen LogP contribution in [0.5, 0.6) is 5.75 Å². The van der Waals surface area contributed by atoms with Crippen LogP contribution in [0.2, 0.25) is 0 Å². The lowest BCUT2D eigenvalue weighted by atomic mass is 10.0. The number of rotatable bonds is 6. The number of nitrogens with zero attached hydrogens (tertiary/aromatic N) is 2. The van der Waals surface area contributed by atoms with Crippen LogP contribution in [-0.2, 0) is 4.79 Å². The third-order valence-electron chi connectivity index (χ3n) is 6.63. The van der Waals surface area contributed by atoms with E-state index in [9.17, 15) is 9.59 Å². The number of hydrogen-bond donors (Lipinski definition) is 1. The fraction of sp³-hybridized carbons (Fsp3) is 0.0938. The Bertz CT molecular complexity index is 2000. The van der Waals surface area contributed by atoms with E-state index in [1.807, 2.05) is 97.2 Å². The molecule has 1 N–H and O–H groups in total. The minimum absolute atomic E-state index is 0.109. The highest BCUT2D eigenvalue weighted by Gasteiger charge is 2.33. The first-order valence-corrected chi connectivity index (χ1v) is 14.2. The van der Waals surface area contributed by atoms with Gasteiger partial charge < -0.3 is 10.1 Å². The molecule has 0 aliphatic carbocycles. The Morgan fingerprint density at radius 2 is 1.90 bits per heavy atom. The molecule has 1 amide bonds. The zero-order valence-corrected chi connectivity index (χ0v) is 23.1. The maximum atomic E-state index is 14.1. The summed E-state index contributed by atoms with van der Waals surface area (Å²) in [5.74, 6) is 2.81. The highest BCUT2D eigenvalue weighted by Crippen LogP contribution is 2.33. The zero-order chi connectivity index (χ0) is 27.6. The Balaban J connectivity index is 1.53. The van der Waals surface area contributed by atoms with Crippen molar-refractivity contribution in [3.05, 3.63) is 126 Å². The number of ether oxygens (including phenoxy) is 1. The van der Waals surface area contributed by atoms with Crippen molar-refractivity contribution in [2.75, 3.05) is 11.9 Å². The molecule has 0 saturated heterocycles. The second-order valence-electron chi connectivity index (χ2n) is 9.11. The Labute approximate surface area is 238 Å². The van der Waals surface area contributed by atoms with Crippen LogP contribution in [0.15, 0.2) is 105 Å². The lowest BCUT2D eigenvalue weighted by molar-refractivity contribution is -0.113. The number of thiazole rings is 1. The average Bonchev–Trinajstić information content (AvgIpc) is 3.61. The Morgan fingerprint density at radius 1 is 1.10 bits per heavy atom. The Kier molecular flexibility index (Phi) is 6.91. The predicted octanol–water partition coefficient (Wildman–Crippen LogP) is 5.10. The molecule has 196 valence electrons. The Morgan fingerprint density at radius 3 is 2.67 bits per heavy atom. The van der Waals surface area contributed by atoms with Gasteiger partial charge in [-0.1, -0.05) is 71.9 Å². The van der Waals surface area contributed by atoms with E-state index in [0.717, 1.165) is 21.2 Å². The number of hydrogen-bond acceptors (Lipinski definition) is 6. The van der Waals surface area contributed by atoms with Crippen LogP contribution in [-0.4, -0.2) is 17.1 Å². The fourth-order valence-electron chi connectivity index (χ4n) is 4.85. The number of carbonyl (C=O) groups excluding carboxylic acids is 1. The highest BCUT2D eigenvalue weighted by molar-refractivity contribution is 7.10. The molecular formula is C32H23N3O3S2. The number of aromatic nitrogens is 1. The van der Waals surface area contributed by atoms with E-state index in [2.05, 4.69) is 11.2 Å². The number of nitrogens with one attached hydrogen (secondary N) is 1.